The van der Waals surface area contributed by atoms with Crippen molar-refractivity contribution in [2.45, 2.75) is 51.4 Å². The third-order valence-corrected chi connectivity index (χ3v) is 6.78. The van der Waals surface area contributed by atoms with Crippen LogP contribution in [-0.4, -0.2) is 13.1 Å². The van der Waals surface area contributed by atoms with E-state index in [1.54, 1.807) is 6.07 Å². The second-order valence-corrected chi connectivity index (χ2v) is 8.47. The van der Waals surface area contributed by atoms with Crippen LogP contribution in [0.4, 0.5) is 8.78 Å². The van der Waals surface area contributed by atoms with Crippen LogP contribution in [0.3, 0.4) is 0 Å². The van der Waals surface area contributed by atoms with Gasteiger partial charge in [0, 0.05) is 0 Å². The van der Waals surface area contributed by atoms with Gasteiger partial charge in [-0.1, -0.05) is 25.5 Å². The molecule has 27 heavy (non-hydrogen) atoms. The van der Waals surface area contributed by atoms with E-state index in [1.165, 1.54) is 44.9 Å². The maximum atomic E-state index is 14.8. The molecule has 2 fully saturated rings. The molecule has 4 atom stereocenters. The Morgan fingerprint density at radius 2 is 1.78 bits per heavy atom. The first-order valence-electron chi connectivity index (χ1n) is 9.98. The largest absolute Gasteiger partial charge is 0.465 e. The van der Waals surface area contributed by atoms with E-state index < -0.39 is 17.6 Å². The highest BCUT2D eigenvalue weighted by atomic mass is 19.1. The van der Waals surface area contributed by atoms with E-state index in [-0.39, 0.29) is 10.9 Å². The van der Waals surface area contributed by atoms with Crippen LogP contribution in [0.1, 0.15) is 67.3 Å². The molecular formula is C23H26F2O2. The predicted octanol–water partition coefficient (Wildman–Crippen LogP) is 6.22. The van der Waals surface area contributed by atoms with Crippen LogP contribution in [0, 0.1) is 29.4 Å². The second kappa shape index (κ2) is 7.21. The van der Waals surface area contributed by atoms with E-state index in [9.17, 15) is 13.6 Å². The summed E-state index contributed by atoms with van der Waals surface area (Å²) in [4.78, 5) is 11.7. The number of hydrogen-bond donors (Lipinski definition) is 0. The minimum Gasteiger partial charge on any atom is -0.465 e. The molecule has 0 aliphatic heterocycles. The van der Waals surface area contributed by atoms with Gasteiger partial charge in [0.2, 0.25) is 0 Å². The minimum atomic E-state index is -0.839. The van der Waals surface area contributed by atoms with Gasteiger partial charge in [-0.15, -0.1) is 0 Å². The van der Waals surface area contributed by atoms with Crippen LogP contribution in [0.25, 0.3) is 10.8 Å². The van der Waals surface area contributed by atoms with Gasteiger partial charge in [-0.2, -0.15) is 0 Å². The minimum absolute atomic E-state index is 0.123. The zero-order valence-electron chi connectivity index (χ0n) is 15.9. The number of hydrogen-bond acceptors (Lipinski definition) is 2. The average Bonchev–Trinajstić information content (AvgIpc) is 2.66. The number of ether oxygens (including phenoxy) is 1. The van der Waals surface area contributed by atoms with Gasteiger partial charge in [0.05, 0.1) is 18.1 Å². The van der Waals surface area contributed by atoms with Gasteiger partial charge in [0.1, 0.15) is 11.6 Å². The molecule has 2 aromatic carbocycles. The van der Waals surface area contributed by atoms with Gasteiger partial charge in [-0.05, 0) is 78.9 Å². The van der Waals surface area contributed by atoms with Crippen LogP contribution >= 0.6 is 0 Å². The molecule has 0 aromatic heterocycles. The second-order valence-electron chi connectivity index (χ2n) is 8.47. The molecular weight excluding hydrogens is 346 g/mol. The summed E-state index contributed by atoms with van der Waals surface area (Å²) < 4.78 is 34.0. The molecule has 2 saturated carbocycles. The third-order valence-electron chi connectivity index (χ3n) is 6.78. The summed E-state index contributed by atoms with van der Waals surface area (Å²) in [6.45, 7) is 2.35. The van der Waals surface area contributed by atoms with Crippen molar-refractivity contribution in [1.29, 1.82) is 0 Å². The van der Waals surface area contributed by atoms with Crippen molar-refractivity contribution >= 4 is 16.7 Å². The molecule has 144 valence electrons. The summed E-state index contributed by atoms with van der Waals surface area (Å²) in [5.74, 6) is 0.489. The fraction of sp³-hybridized carbons (Fsp3) is 0.522. The smallest absolute Gasteiger partial charge is 0.340 e. The molecule has 2 aromatic rings. The van der Waals surface area contributed by atoms with Gasteiger partial charge < -0.3 is 4.74 Å². The molecule has 0 radical (unpaired) electrons. The highest BCUT2D eigenvalue weighted by Crippen LogP contribution is 2.48. The van der Waals surface area contributed by atoms with Gasteiger partial charge in [0.15, 0.2) is 0 Å². The van der Waals surface area contributed by atoms with Crippen LogP contribution in [0.2, 0.25) is 0 Å². The number of fused-ring (bicyclic) bond motifs is 2. The van der Waals surface area contributed by atoms with Crippen molar-refractivity contribution in [3.05, 3.63) is 47.0 Å². The first-order valence-corrected chi connectivity index (χ1v) is 9.98. The Bertz CT molecular complexity index is 876. The predicted molar refractivity (Wildman–Crippen MR) is 102 cm³/mol. The standard InChI is InChI=1S/C23H26F2O2/c1-13-3-4-15-10-16(6-5-14(15)9-13)18-11-17-7-8-19(23(26)27-2)22(25)21(17)20(24)12-18/h7-8,11-16H,3-6,9-10H2,1-2H3/t13?,14-,15+,16?/m0/s1. The number of carbonyl (C=O) groups is 1. The van der Waals surface area contributed by atoms with Gasteiger partial charge in [0.25, 0.3) is 0 Å². The number of esters is 1. The maximum absolute atomic E-state index is 14.8. The molecule has 2 aliphatic rings. The van der Waals surface area contributed by atoms with E-state index in [2.05, 4.69) is 11.7 Å². The fourth-order valence-corrected chi connectivity index (χ4v) is 5.32. The summed E-state index contributed by atoms with van der Waals surface area (Å²) in [6, 6.07) is 6.37. The molecule has 0 bridgehead atoms. The first kappa shape index (κ1) is 18.4. The van der Waals surface area contributed by atoms with Crippen LogP contribution < -0.4 is 0 Å². The Balaban J connectivity index is 1.65. The SMILES string of the molecule is COC(=O)c1ccc2cc(C3CC[C@H]4CC(C)CC[C@@H]4C3)cc(F)c2c1F. The maximum Gasteiger partial charge on any atom is 0.340 e. The number of halogens is 2. The van der Waals surface area contributed by atoms with Gasteiger partial charge in [-0.3, -0.25) is 0 Å². The van der Waals surface area contributed by atoms with Crippen molar-refractivity contribution in [3.63, 3.8) is 0 Å². The van der Waals surface area contributed by atoms with Crippen molar-refractivity contribution in [2.75, 3.05) is 7.11 Å². The summed E-state index contributed by atoms with van der Waals surface area (Å²) >= 11 is 0. The monoisotopic (exact) mass is 372 g/mol. The molecule has 0 heterocycles. The summed E-state index contributed by atoms with van der Waals surface area (Å²) in [5.41, 5.74) is 0.732. The van der Waals surface area contributed by atoms with E-state index in [0.717, 1.165) is 36.2 Å². The number of benzene rings is 2. The molecule has 2 nitrogen and oxygen atoms in total. The topological polar surface area (TPSA) is 26.3 Å². The van der Waals surface area contributed by atoms with E-state index in [0.29, 0.717) is 11.3 Å². The average molecular weight is 372 g/mol. The molecule has 0 N–H and O–H groups in total. The van der Waals surface area contributed by atoms with Crippen molar-refractivity contribution in [1.82, 2.24) is 0 Å². The highest BCUT2D eigenvalue weighted by Gasteiger charge is 2.35. The first-order chi connectivity index (χ1) is 13.0. The highest BCUT2D eigenvalue weighted by molar-refractivity contribution is 5.96. The lowest BCUT2D eigenvalue weighted by Gasteiger charge is -2.41. The zero-order chi connectivity index (χ0) is 19.1. The zero-order valence-corrected chi connectivity index (χ0v) is 15.9. The molecule has 2 unspecified atom stereocenters. The van der Waals surface area contributed by atoms with Crippen LogP contribution in [-0.2, 0) is 4.74 Å². The van der Waals surface area contributed by atoms with Gasteiger partial charge in [-0.25, -0.2) is 13.6 Å². The Kier molecular flexibility index (Phi) is 4.92. The van der Waals surface area contributed by atoms with Gasteiger partial charge >= 0.3 is 5.97 Å². The Morgan fingerprint density at radius 1 is 1.04 bits per heavy atom. The number of carbonyl (C=O) groups excluding carboxylic acids is 1. The quantitative estimate of drug-likeness (QED) is 0.585. The summed E-state index contributed by atoms with van der Waals surface area (Å²) in [6.07, 6.45) is 7.27. The number of methoxy groups -OCH3 is 1. The summed E-state index contributed by atoms with van der Waals surface area (Å²) in [5, 5.41) is 0.386. The lowest BCUT2D eigenvalue weighted by molar-refractivity contribution is 0.0596. The lowest BCUT2D eigenvalue weighted by atomic mass is 9.64. The molecule has 0 spiro atoms. The molecule has 4 heteroatoms. The van der Waals surface area contributed by atoms with Crippen LogP contribution in [0.5, 0.6) is 0 Å². The Morgan fingerprint density at radius 3 is 2.56 bits per heavy atom. The fourth-order valence-electron chi connectivity index (χ4n) is 5.32. The van der Waals surface area contributed by atoms with Crippen molar-refractivity contribution in [3.8, 4) is 0 Å². The normalized spacial score (nSPS) is 28.0. The van der Waals surface area contributed by atoms with Crippen molar-refractivity contribution in [2.24, 2.45) is 17.8 Å². The molecule has 0 amide bonds. The Labute approximate surface area is 158 Å². The molecule has 0 saturated heterocycles. The number of rotatable bonds is 2. The summed E-state index contributed by atoms with van der Waals surface area (Å²) in [7, 11) is 1.19. The van der Waals surface area contributed by atoms with E-state index >= 15 is 0 Å². The lowest BCUT2D eigenvalue weighted by Crippen LogP contribution is -2.29. The van der Waals surface area contributed by atoms with E-state index in [4.69, 9.17) is 0 Å². The molecule has 4 rings (SSSR count). The third kappa shape index (κ3) is 3.35. The van der Waals surface area contributed by atoms with E-state index in [1.807, 2.05) is 6.07 Å². The van der Waals surface area contributed by atoms with Crippen molar-refractivity contribution < 1.29 is 18.3 Å². The van der Waals surface area contributed by atoms with Crippen LogP contribution in [0.15, 0.2) is 24.3 Å². The Hall–Kier alpha value is -1.97. The molecule has 2 aliphatic carbocycles.